The fourth-order valence-corrected chi connectivity index (χ4v) is 1.16. The maximum absolute atomic E-state index is 12.6. The summed E-state index contributed by atoms with van der Waals surface area (Å²) in [5.41, 5.74) is 5.12. The minimum atomic E-state index is -1.39. The molecule has 0 aliphatic heterocycles. The summed E-state index contributed by atoms with van der Waals surface area (Å²) in [6, 6.07) is -1.04. The molecule has 0 aromatic heterocycles. The molecule has 0 aromatic carbocycles. The Morgan fingerprint density at radius 2 is 1.60 bits per heavy atom. The Morgan fingerprint density at radius 1 is 1.20 bits per heavy atom. The molecule has 0 bridgehead atoms. The zero-order valence-electron chi connectivity index (χ0n) is 5.50. The fourth-order valence-electron chi connectivity index (χ4n) is 1.16. The van der Waals surface area contributed by atoms with Crippen LogP contribution in [-0.4, -0.2) is 29.6 Å². The molecular formula is C6H11F2NO. The zero-order chi connectivity index (χ0) is 7.72. The van der Waals surface area contributed by atoms with E-state index in [1.807, 2.05) is 0 Å². The van der Waals surface area contributed by atoms with Gasteiger partial charge in [-0.3, -0.25) is 0 Å². The lowest BCUT2D eigenvalue weighted by molar-refractivity contribution is 0.0246. The van der Waals surface area contributed by atoms with Crippen LogP contribution >= 0.6 is 0 Å². The summed E-state index contributed by atoms with van der Waals surface area (Å²) in [6.07, 6.45) is -3.69. The number of aliphatic hydroxyl groups excluding tert-OH is 1. The smallest absolute Gasteiger partial charge is 0.120 e. The van der Waals surface area contributed by atoms with Crippen molar-refractivity contribution in [1.29, 1.82) is 0 Å². The van der Waals surface area contributed by atoms with Gasteiger partial charge in [-0.25, -0.2) is 8.78 Å². The van der Waals surface area contributed by atoms with Crippen LogP contribution in [0.5, 0.6) is 0 Å². The largest absolute Gasteiger partial charge is 0.393 e. The van der Waals surface area contributed by atoms with E-state index >= 15 is 0 Å². The second-order valence-corrected chi connectivity index (χ2v) is 2.73. The zero-order valence-corrected chi connectivity index (χ0v) is 5.50. The normalized spacial score (nSPS) is 49.2. The highest BCUT2D eigenvalue weighted by molar-refractivity contribution is 4.89. The van der Waals surface area contributed by atoms with Crippen LogP contribution in [0.15, 0.2) is 0 Å². The van der Waals surface area contributed by atoms with Crippen LogP contribution in [0.4, 0.5) is 8.78 Å². The van der Waals surface area contributed by atoms with Crippen LogP contribution in [0.25, 0.3) is 0 Å². The van der Waals surface area contributed by atoms with Gasteiger partial charge in [-0.1, -0.05) is 0 Å². The molecule has 1 fully saturated rings. The summed E-state index contributed by atoms with van der Waals surface area (Å²) < 4.78 is 25.1. The third-order valence-corrected chi connectivity index (χ3v) is 1.83. The molecule has 0 spiro atoms. The van der Waals surface area contributed by atoms with Crippen molar-refractivity contribution >= 4 is 0 Å². The summed E-state index contributed by atoms with van der Waals surface area (Å²) >= 11 is 0. The molecule has 3 N–H and O–H groups in total. The van der Waals surface area contributed by atoms with E-state index in [1.54, 1.807) is 0 Å². The molecule has 10 heavy (non-hydrogen) atoms. The summed E-state index contributed by atoms with van der Waals surface area (Å²) in [4.78, 5) is 0. The molecule has 2 nitrogen and oxygen atoms in total. The van der Waals surface area contributed by atoms with E-state index in [-0.39, 0.29) is 12.8 Å². The average molecular weight is 151 g/mol. The van der Waals surface area contributed by atoms with Gasteiger partial charge in [-0.2, -0.15) is 0 Å². The van der Waals surface area contributed by atoms with Crippen LogP contribution in [0.3, 0.4) is 0 Å². The molecule has 4 heteroatoms. The van der Waals surface area contributed by atoms with Gasteiger partial charge in [0.05, 0.1) is 12.1 Å². The number of hydrogen-bond acceptors (Lipinski definition) is 2. The topological polar surface area (TPSA) is 46.2 Å². The Kier molecular flexibility index (Phi) is 2.21. The number of rotatable bonds is 0. The van der Waals surface area contributed by atoms with Crippen molar-refractivity contribution in [2.45, 2.75) is 37.3 Å². The molecule has 1 aliphatic rings. The molecule has 0 radical (unpaired) electrons. The molecule has 2 atom stereocenters. The SMILES string of the molecule is NC1C(F)CC(O)CC1F. The van der Waals surface area contributed by atoms with Crippen LogP contribution in [0.2, 0.25) is 0 Å². The van der Waals surface area contributed by atoms with Crippen molar-refractivity contribution in [3.05, 3.63) is 0 Å². The molecule has 1 saturated carbocycles. The summed E-state index contributed by atoms with van der Waals surface area (Å²) in [5.74, 6) is 0. The lowest BCUT2D eigenvalue weighted by Gasteiger charge is -2.29. The minimum absolute atomic E-state index is 0.0262. The first-order valence-electron chi connectivity index (χ1n) is 3.33. The number of aliphatic hydroxyl groups is 1. The lowest BCUT2D eigenvalue weighted by atomic mass is 9.90. The summed E-state index contributed by atoms with van der Waals surface area (Å²) in [6.45, 7) is 0. The van der Waals surface area contributed by atoms with Crippen molar-refractivity contribution in [2.75, 3.05) is 0 Å². The van der Waals surface area contributed by atoms with Gasteiger partial charge < -0.3 is 10.8 Å². The first kappa shape index (κ1) is 7.88. The maximum Gasteiger partial charge on any atom is 0.120 e. The number of alkyl halides is 2. The average Bonchev–Trinajstić information content (AvgIpc) is 1.82. The van der Waals surface area contributed by atoms with Gasteiger partial charge in [0.2, 0.25) is 0 Å². The Labute approximate surface area is 58.0 Å². The minimum Gasteiger partial charge on any atom is -0.393 e. The molecule has 1 aliphatic carbocycles. The number of halogens is 2. The van der Waals surface area contributed by atoms with Crippen molar-refractivity contribution in [3.8, 4) is 0 Å². The molecule has 0 heterocycles. The van der Waals surface area contributed by atoms with E-state index in [0.29, 0.717) is 0 Å². The van der Waals surface area contributed by atoms with Crippen LogP contribution in [0.1, 0.15) is 12.8 Å². The predicted octanol–water partition coefficient (Wildman–Crippen LogP) is 0.145. The van der Waals surface area contributed by atoms with E-state index in [1.165, 1.54) is 0 Å². The highest BCUT2D eigenvalue weighted by Gasteiger charge is 2.34. The summed E-state index contributed by atoms with van der Waals surface area (Å²) in [7, 11) is 0. The van der Waals surface area contributed by atoms with Crippen LogP contribution < -0.4 is 5.73 Å². The van der Waals surface area contributed by atoms with E-state index in [2.05, 4.69) is 0 Å². The first-order valence-corrected chi connectivity index (χ1v) is 3.33. The molecule has 0 saturated heterocycles. The van der Waals surface area contributed by atoms with E-state index in [0.717, 1.165) is 0 Å². The van der Waals surface area contributed by atoms with E-state index in [9.17, 15) is 8.78 Å². The Balaban J connectivity index is 2.49. The quantitative estimate of drug-likeness (QED) is 0.517. The highest BCUT2D eigenvalue weighted by atomic mass is 19.1. The van der Waals surface area contributed by atoms with E-state index < -0.39 is 24.5 Å². The molecule has 1 rings (SSSR count). The maximum atomic E-state index is 12.6. The first-order chi connectivity index (χ1) is 4.61. The number of hydrogen-bond donors (Lipinski definition) is 2. The predicted molar refractivity (Wildman–Crippen MR) is 33.0 cm³/mol. The van der Waals surface area contributed by atoms with Gasteiger partial charge in [0.15, 0.2) is 0 Å². The summed E-state index contributed by atoms with van der Waals surface area (Å²) in [5, 5.41) is 8.83. The standard InChI is InChI=1S/C6H11F2NO/c7-4-1-3(10)2-5(8)6(4)9/h3-6,10H,1-2,9H2. The molecular weight excluding hydrogens is 140 g/mol. The van der Waals surface area contributed by atoms with Crippen LogP contribution in [0, 0.1) is 0 Å². The van der Waals surface area contributed by atoms with Crippen LogP contribution in [-0.2, 0) is 0 Å². The van der Waals surface area contributed by atoms with Gasteiger partial charge in [0.25, 0.3) is 0 Å². The highest BCUT2D eigenvalue weighted by Crippen LogP contribution is 2.22. The van der Waals surface area contributed by atoms with E-state index in [4.69, 9.17) is 10.8 Å². The molecule has 60 valence electrons. The third-order valence-electron chi connectivity index (χ3n) is 1.83. The van der Waals surface area contributed by atoms with Gasteiger partial charge in [0, 0.05) is 12.8 Å². The van der Waals surface area contributed by atoms with Crippen molar-refractivity contribution in [2.24, 2.45) is 5.73 Å². The Bertz CT molecular complexity index is 110. The second kappa shape index (κ2) is 2.80. The number of nitrogens with two attached hydrogens (primary N) is 1. The molecule has 0 amide bonds. The molecule has 0 aromatic rings. The van der Waals surface area contributed by atoms with Crippen molar-refractivity contribution < 1.29 is 13.9 Å². The Hall–Kier alpha value is -0.220. The second-order valence-electron chi connectivity index (χ2n) is 2.73. The van der Waals surface area contributed by atoms with Gasteiger partial charge in [-0.05, 0) is 0 Å². The van der Waals surface area contributed by atoms with Crippen molar-refractivity contribution in [1.82, 2.24) is 0 Å². The Morgan fingerprint density at radius 3 is 2.00 bits per heavy atom. The van der Waals surface area contributed by atoms with Gasteiger partial charge in [0.1, 0.15) is 12.3 Å². The third kappa shape index (κ3) is 1.44. The monoisotopic (exact) mass is 151 g/mol. The van der Waals surface area contributed by atoms with Crippen molar-refractivity contribution in [3.63, 3.8) is 0 Å². The fraction of sp³-hybridized carbons (Fsp3) is 1.00. The molecule has 2 unspecified atom stereocenters. The lowest BCUT2D eigenvalue weighted by Crippen LogP contribution is -2.47. The van der Waals surface area contributed by atoms with Gasteiger partial charge in [-0.15, -0.1) is 0 Å². The van der Waals surface area contributed by atoms with Gasteiger partial charge >= 0.3 is 0 Å².